The summed E-state index contributed by atoms with van der Waals surface area (Å²) in [7, 11) is -3.76. The molecule has 1 aliphatic rings. The maximum atomic E-state index is 11.7. The van der Waals surface area contributed by atoms with E-state index in [1.165, 1.54) is 0 Å². The number of nitrogens with one attached hydrogen (secondary N) is 1. The summed E-state index contributed by atoms with van der Waals surface area (Å²) in [6.45, 7) is 1.98. The van der Waals surface area contributed by atoms with E-state index in [-0.39, 0.29) is 0 Å². The second kappa shape index (κ2) is 4.36. The van der Waals surface area contributed by atoms with Crippen LogP contribution in [0.4, 0.5) is 0 Å². The van der Waals surface area contributed by atoms with E-state index >= 15 is 0 Å². The smallest absolute Gasteiger partial charge is 0.371 e. The number of fused-ring (bicyclic) bond motifs is 1. The van der Waals surface area contributed by atoms with Crippen LogP contribution in [0.25, 0.3) is 0 Å². The Kier molecular flexibility index (Phi) is 2.80. The molecule has 2 aromatic rings. The highest BCUT2D eigenvalue weighted by atomic mass is 32.2. The molecule has 1 atom stereocenters. The molecule has 1 aliphatic heterocycles. The third kappa shape index (κ3) is 2.34. The molecule has 1 unspecified atom stereocenters. The van der Waals surface area contributed by atoms with E-state index < -0.39 is 16.3 Å². The van der Waals surface area contributed by atoms with Gasteiger partial charge in [-0.15, -0.1) is 0 Å². The van der Waals surface area contributed by atoms with E-state index in [4.69, 9.17) is 4.18 Å². The van der Waals surface area contributed by atoms with Crippen LogP contribution in [0, 0.1) is 6.92 Å². The van der Waals surface area contributed by atoms with Gasteiger partial charge in [0.2, 0.25) is 0 Å². The van der Waals surface area contributed by atoms with Crippen molar-refractivity contribution in [3.63, 3.8) is 0 Å². The summed E-state index contributed by atoms with van der Waals surface area (Å²) >= 11 is 0. The molecule has 4 nitrogen and oxygen atoms in total. The first-order chi connectivity index (χ1) is 9.05. The molecule has 98 valence electrons. The summed E-state index contributed by atoms with van der Waals surface area (Å²) in [4.78, 5) is 0. The van der Waals surface area contributed by atoms with Crippen molar-refractivity contribution < 1.29 is 12.6 Å². The second-order valence-corrected chi connectivity index (χ2v) is 5.85. The summed E-state index contributed by atoms with van der Waals surface area (Å²) in [6.07, 6.45) is 0. The molecule has 0 aliphatic carbocycles. The third-order valence-corrected chi connectivity index (χ3v) is 3.99. The van der Waals surface area contributed by atoms with Crippen molar-refractivity contribution in [2.45, 2.75) is 13.0 Å². The van der Waals surface area contributed by atoms with Crippen LogP contribution in [0.5, 0.6) is 5.75 Å². The molecule has 0 saturated carbocycles. The van der Waals surface area contributed by atoms with E-state index in [1.807, 2.05) is 43.3 Å². The van der Waals surface area contributed by atoms with Gasteiger partial charge in [-0.1, -0.05) is 48.0 Å². The summed E-state index contributed by atoms with van der Waals surface area (Å²) in [5.41, 5.74) is 2.81. The fourth-order valence-electron chi connectivity index (χ4n) is 2.24. The Hall–Kier alpha value is -1.85. The Morgan fingerprint density at radius 2 is 1.89 bits per heavy atom. The molecule has 1 heterocycles. The number of hydrogen-bond acceptors (Lipinski definition) is 3. The van der Waals surface area contributed by atoms with Gasteiger partial charge in [0.15, 0.2) is 0 Å². The van der Waals surface area contributed by atoms with E-state index in [0.29, 0.717) is 5.75 Å². The monoisotopic (exact) mass is 275 g/mol. The molecule has 5 heteroatoms. The Balaban J connectivity index is 2.16. The second-order valence-electron chi connectivity index (χ2n) is 4.54. The topological polar surface area (TPSA) is 55.4 Å². The highest BCUT2D eigenvalue weighted by Crippen LogP contribution is 2.34. The van der Waals surface area contributed by atoms with Crippen LogP contribution in [0.3, 0.4) is 0 Å². The highest BCUT2D eigenvalue weighted by molar-refractivity contribution is 7.85. The van der Waals surface area contributed by atoms with Crippen molar-refractivity contribution in [1.29, 1.82) is 0 Å². The zero-order chi connectivity index (χ0) is 13.5. The first-order valence-corrected chi connectivity index (χ1v) is 7.33. The normalized spacial score (nSPS) is 20.4. The molecule has 0 bridgehead atoms. The molecule has 0 saturated heterocycles. The zero-order valence-electron chi connectivity index (χ0n) is 10.3. The Morgan fingerprint density at radius 1 is 1.11 bits per heavy atom. The van der Waals surface area contributed by atoms with Crippen LogP contribution in [0.1, 0.15) is 22.7 Å². The van der Waals surface area contributed by atoms with E-state index in [0.717, 1.165) is 16.7 Å². The lowest BCUT2D eigenvalue weighted by Crippen LogP contribution is -2.37. The van der Waals surface area contributed by atoms with Crippen molar-refractivity contribution in [1.82, 2.24) is 4.72 Å². The van der Waals surface area contributed by atoms with Crippen molar-refractivity contribution >= 4 is 10.3 Å². The summed E-state index contributed by atoms with van der Waals surface area (Å²) < 4.78 is 31.0. The van der Waals surface area contributed by atoms with Crippen LogP contribution in [0.15, 0.2) is 48.5 Å². The van der Waals surface area contributed by atoms with Crippen molar-refractivity contribution in [3.05, 3.63) is 65.2 Å². The van der Waals surface area contributed by atoms with Crippen LogP contribution in [0.2, 0.25) is 0 Å². The number of aryl methyl sites for hydroxylation is 1. The third-order valence-electron chi connectivity index (χ3n) is 3.07. The van der Waals surface area contributed by atoms with Crippen molar-refractivity contribution in [2.24, 2.45) is 0 Å². The number of hydrogen-bond donors (Lipinski definition) is 1. The van der Waals surface area contributed by atoms with Crippen molar-refractivity contribution in [3.8, 4) is 5.75 Å². The highest BCUT2D eigenvalue weighted by Gasteiger charge is 2.31. The van der Waals surface area contributed by atoms with Crippen LogP contribution in [-0.4, -0.2) is 8.42 Å². The minimum Gasteiger partial charge on any atom is -0.371 e. The summed E-state index contributed by atoms with van der Waals surface area (Å²) in [6, 6.07) is 14.5. The van der Waals surface area contributed by atoms with Gasteiger partial charge in [-0.3, -0.25) is 0 Å². The molecule has 3 rings (SSSR count). The molecular weight excluding hydrogens is 262 g/mol. The van der Waals surface area contributed by atoms with Gasteiger partial charge in [0.25, 0.3) is 0 Å². The lowest BCUT2D eigenvalue weighted by molar-refractivity contribution is 0.441. The predicted octanol–water partition coefficient (Wildman–Crippen LogP) is 2.31. The van der Waals surface area contributed by atoms with E-state index in [1.54, 1.807) is 12.1 Å². The quantitative estimate of drug-likeness (QED) is 0.869. The number of benzene rings is 2. The first kappa shape index (κ1) is 12.2. The van der Waals surface area contributed by atoms with Gasteiger partial charge in [-0.25, -0.2) is 0 Å². The minimum atomic E-state index is -3.76. The zero-order valence-corrected chi connectivity index (χ0v) is 11.1. The molecule has 0 spiro atoms. The first-order valence-electron chi connectivity index (χ1n) is 5.92. The molecule has 0 amide bonds. The maximum absolute atomic E-state index is 11.7. The van der Waals surface area contributed by atoms with Gasteiger partial charge < -0.3 is 4.18 Å². The van der Waals surface area contributed by atoms with Gasteiger partial charge in [-0.05, 0) is 18.6 Å². The van der Waals surface area contributed by atoms with Gasteiger partial charge in [0, 0.05) is 5.56 Å². The van der Waals surface area contributed by atoms with Gasteiger partial charge in [0.05, 0.1) is 6.04 Å². The van der Waals surface area contributed by atoms with Crippen molar-refractivity contribution in [2.75, 3.05) is 0 Å². The average Bonchev–Trinajstić information content (AvgIpc) is 2.36. The molecular formula is C14H13NO3S. The van der Waals surface area contributed by atoms with Crippen LogP contribution >= 0.6 is 0 Å². The summed E-state index contributed by atoms with van der Waals surface area (Å²) in [5, 5.41) is 0. The molecule has 1 N–H and O–H groups in total. The van der Waals surface area contributed by atoms with Gasteiger partial charge in [-0.2, -0.15) is 13.1 Å². The maximum Gasteiger partial charge on any atom is 0.383 e. The number of para-hydroxylation sites is 1. The predicted molar refractivity (Wildman–Crippen MR) is 72.1 cm³/mol. The minimum absolute atomic E-state index is 0.382. The Bertz CT molecular complexity index is 725. The lowest BCUT2D eigenvalue weighted by atomic mass is 9.97. The SMILES string of the molecule is Cc1cccc(C2NS(=O)(=O)Oc3ccccc32)c1. The molecule has 2 aromatic carbocycles. The number of rotatable bonds is 1. The lowest BCUT2D eigenvalue weighted by Gasteiger charge is -2.26. The Morgan fingerprint density at radius 3 is 2.68 bits per heavy atom. The fraction of sp³-hybridized carbons (Fsp3) is 0.143. The van der Waals surface area contributed by atoms with Crippen LogP contribution < -0.4 is 8.91 Å². The molecule has 19 heavy (non-hydrogen) atoms. The largest absolute Gasteiger partial charge is 0.383 e. The standard InChI is InChI=1S/C14H13NO3S/c1-10-5-4-6-11(9-10)14-12-7-2-3-8-13(12)18-19(16,17)15-14/h2-9,14-15H,1H3. The van der Waals surface area contributed by atoms with Crippen LogP contribution in [-0.2, 0) is 10.3 Å². The van der Waals surface area contributed by atoms with Gasteiger partial charge >= 0.3 is 10.3 Å². The van der Waals surface area contributed by atoms with E-state index in [9.17, 15) is 8.42 Å². The van der Waals surface area contributed by atoms with Gasteiger partial charge in [0.1, 0.15) is 5.75 Å². The summed E-state index contributed by atoms with van der Waals surface area (Å²) in [5.74, 6) is 0.382. The molecule has 0 fully saturated rings. The fourth-order valence-corrected chi connectivity index (χ4v) is 3.23. The molecule has 0 radical (unpaired) electrons. The molecule has 0 aromatic heterocycles. The van der Waals surface area contributed by atoms with E-state index in [2.05, 4.69) is 4.72 Å². The Labute approximate surface area is 112 Å². The average molecular weight is 275 g/mol.